The summed E-state index contributed by atoms with van der Waals surface area (Å²) < 4.78 is 5.33. The monoisotopic (exact) mass is 352 g/mol. The standard InChI is InChI=1S/C22H28N2O2/c1-22(2,3)26-21(25)23-19-14-24(15-19)16-20(17-10-6-4-7-11-17)18-12-8-5-9-13-18/h4-13,19-20H,14-16H2,1-3H3,(H,23,25). The molecule has 26 heavy (non-hydrogen) atoms. The summed E-state index contributed by atoms with van der Waals surface area (Å²) in [5.41, 5.74) is 2.18. The number of benzene rings is 2. The average Bonchev–Trinajstić information content (AvgIpc) is 2.57. The molecule has 0 aliphatic carbocycles. The van der Waals surface area contributed by atoms with Crippen LogP contribution in [-0.2, 0) is 4.74 Å². The molecule has 1 saturated heterocycles. The molecule has 4 heteroatoms. The van der Waals surface area contributed by atoms with Gasteiger partial charge in [-0.1, -0.05) is 60.7 Å². The summed E-state index contributed by atoms with van der Waals surface area (Å²) in [5, 5.41) is 2.95. The number of nitrogens with one attached hydrogen (secondary N) is 1. The van der Waals surface area contributed by atoms with Crippen molar-refractivity contribution in [2.24, 2.45) is 0 Å². The van der Waals surface area contributed by atoms with Crippen LogP contribution in [-0.4, -0.2) is 42.3 Å². The largest absolute Gasteiger partial charge is 0.444 e. The highest BCUT2D eigenvalue weighted by atomic mass is 16.6. The maximum atomic E-state index is 11.9. The summed E-state index contributed by atoms with van der Waals surface area (Å²) in [4.78, 5) is 14.3. The number of rotatable bonds is 5. The predicted molar refractivity (Wildman–Crippen MR) is 104 cm³/mol. The van der Waals surface area contributed by atoms with Crippen molar-refractivity contribution >= 4 is 6.09 Å². The van der Waals surface area contributed by atoms with Crippen molar-refractivity contribution in [3.8, 4) is 0 Å². The van der Waals surface area contributed by atoms with Gasteiger partial charge in [0.05, 0.1) is 6.04 Å². The van der Waals surface area contributed by atoms with Gasteiger partial charge in [-0.25, -0.2) is 4.79 Å². The number of hydrogen-bond donors (Lipinski definition) is 1. The molecule has 0 unspecified atom stereocenters. The van der Waals surface area contributed by atoms with E-state index >= 15 is 0 Å². The molecule has 138 valence electrons. The molecule has 0 radical (unpaired) electrons. The Hall–Kier alpha value is -2.33. The first-order valence-electron chi connectivity index (χ1n) is 9.22. The van der Waals surface area contributed by atoms with Crippen molar-refractivity contribution in [3.63, 3.8) is 0 Å². The van der Waals surface area contributed by atoms with Crippen molar-refractivity contribution < 1.29 is 9.53 Å². The summed E-state index contributed by atoms with van der Waals surface area (Å²) in [6.07, 6.45) is -0.329. The van der Waals surface area contributed by atoms with Gasteiger partial charge >= 0.3 is 6.09 Å². The minimum Gasteiger partial charge on any atom is -0.444 e. The van der Waals surface area contributed by atoms with Crippen LogP contribution in [0.15, 0.2) is 60.7 Å². The second kappa shape index (κ2) is 7.92. The van der Waals surface area contributed by atoms with Gasteiger partial charge in [0.25, 0.3) is 0 Å². The molecule has 1 N–H and O–H groups in total. The molecule has 0 saturated carbocycles. The fourth-order valence-corrected chi connectivity index (χ4v) is 3.32. The van der Waals surface area contributed by atoms with Crippen LogP contribution >= 0.6 is 0 Å². The Balaban J connectivity index is 1.58. The number of likely N-dealkylation sites (tertiary alicyclic amines) is 1. The second-order valence-electron chi connectivity index (χ2n) is 7.94. The lowest BCUT2D eigenvalue weighted by Gasteiger charge is -2.41. The number of alkyl carbamates (subject to hydrolysis) is 1. The minimum absolute atomic E-state index is 0.164. The van der Waals surface area contributed by atoms with Crippen molar-refractivity contribution in [2.45, 2.75) is 38.3 Å². The van der Waals surface area contributed by atoms with Gasteiger partial charge in [-0.2, -0.15) is 0 Å². The number of hydrogen-bond acceptors (Lipinski definition) is 3. The Bertz CT molecular complexity index is 664. The van der Waals surface area contributed by atoms with Crippen molar-refractivity contribution in [1.29, 1.82) is 0 Å². The first kappa shape index (κ1) is 18.5. The minimum atomic E-state index is -0.459. The summed E-state index contributed by atoms with van der Waals surface area (Å²) >= 11 is 0. The lowest BCUT2D eigenvalue weighted by molar-refractivity contribution is 0.0398. The first-order valence-corrected chi connectivity index (χ1v) is 9.22. The van der Waals surface area contributed by atoms with E-state index in [2.05, 4.69) is 70.9 Å². The highest BCUT2D eigenvalue weighted by molar-refractivity contribution is 5.68. The molecule has 1 heterocycles. The van der Waals surface area contributed by atoms with Gasteiger partial charge in [0.1, 0.15) is 5.60 Å². The van der Waals surface area contributed by atoms with Gasteiger partial charge in [0, 0.05) is 25.6 Å². The number of carbonyl (C=O) groups excluding carboxylic acids is 1. The van der Waals surface area contributed by atoms with Gasteiger partial charge in [0.15, 0.2) is 0 Å². The van der Waals surface area contributed by atoms with E-state index in [0.29, 0.717) is 5.92 Å². The fourth-order valence-electron chi connectivity index (χ4n) is 3.32. The molecule has 1 aliphatic heterocycles. The predicted octanol–water partition coefficient (Wildman–Crippen LogP) is 4.03. The molecule has 3 rings (SSSR count). The van der Waals surface area contributed by atoms with E-state index in [1.165, 1.54) is 11.1 Å². The number of amides is 1. The van der Waals surface area contributed by atoms with E-state index in [9.17, 15) is 4.79 Å². The lowest BCUT2D eigenvalue weighted by Crippen LogP contribution is -2.60. The van der Waals surface area contributed by atoms with Crippen molar-refractivity contribution in [2.75, 3.05) is 19.6 Å². The van der Waals surface area contributed by atoms with Crippen molar-refractivity contribution in [1.82, 2.24) is 10.2 Å². The van der Waals surface area contributed by atoms with Crippen molar-refractivity contribution in [3.05, 3.63) is 71.8 Å². The van der Waals surface area contributed by atoms with E-state index in [-0.39, 0.29) is 12.1 Å². The first-order chi connectivity index (χ1) is 12.4. The molecule has 0 aromatic heterocycles. The fraction of sp³-hybridized carbons (Fsp3) is 0.409. The third-order valence-corrected chi connectivity index (χ3v) is 4.52. The van der Waals surface area contributed by atoms with E-state index in [1.54, 1.807) is 0 Å². The molecule has 0 bridgehead atoms. The van der Waals surface area contributed by atoms with Gasteiger partial charge in [0.2, 0.25) is 0 Å². The quantitative estimate of drug-likeness (QED) is 0.883. The third kappa shape index (κ3) is 5.09. The Morgan fingerprint density at radius 3 is 2.00 bits per heavy atom. The van der Waals surface area contributed by atoms with Crippen LogP contribution in [0.3, 0.4) is 0 Å². The number of nitrogens with zero attached hydrogens (tertiary/aromatic N) is 1. The topological polar surface area (TPSA) is 41.6 Å². The maximum Gasteiger partial charge on any atom is 0.407 e. The van der Waals surface area contributed by atoms with Gasteiger partial charge in [-0.3, -0.25) is 4.90 Å². The molecule has 4 nitrogen and oxygen atoms in total. The van der Waals surface area contributed by atoms with Crippen LogP contribution < -0.4 is 5.32 Å². The van der Waals surface area contributed by atoms with Crippen LogP contribution in [0.1, 0.15) is 37.8 Å². The number of carbonyl (C=O) groups is 1. The van der Waals surface area contributed by atoms with Crippen LogP contribution in [0, 0.1) is 0 Å². The van der Waals surface area contributed by atoms with Crippen LogP contribution in [0.4, 0.5) is 4.79 Å². The smallest absolute Gasteiger partial charge is 0.407 e. The average molecular weight is 352 g/mol. The molecule has 2 aromatic carbocycles. The molecule has 1 amide bonds. The Labute approximate surface area is 156 Å². The Kier molecular flexibility index (Phi) is 5.62. The summed E-state index contributed by atoms with van der Waals surface area (Å²) in [5.74, 6) is 0.333. The molecule has 0 atom stereocenters. The zero-order chi connectivity index (χ0) is 18.6. The number of ether oxygens (including phenoxy) is 1. The van der Waals surface area contributed by atoms with Gasteiger partial charge in [-0.15, -0.1) is 0 Å². The second-order valence-corrected chi connectivity index (χ2v) is 7.94. The maximum absolute atomic E-state index is 11.9. The van der Waals surface area contributed by atoms with Gasteiger partial charge < -0.3 is 10.1 Å². The third-order valence-electron chi connectivity index (χ3n) is 4.52. The zero-order valence-electron chi connectivity index (χ0n) is 15.8. The molecule has 1 aliphatic rings. The van der Waals surface area contributed by atoms with E-state index < -0.39 is 5.60 Å². The van der Waals surface area contributed by atoms with Gasteiger partial charge in [-0.05, 0) is 31.9 Å². The zero-order valence-corrected chi connectivity index (χ0v) is 15.8. The van der Waals surface area contributed by atoms with E-state index in [0.717, 1.165) is 19.6 Å². The summed E-state index contributed by atoms with van der Waals surface area (Å²) in [6, 6.07) is 21.4. The lowest BCUT2D eigenvalue weighted by atomic mass is 9.89. The summed E-state index contributed by atoms with van der Waals surface area (Å²) in [6.45, 7) is 8.29. The Morgan fingerprint density at radius 1 is 1.04 bits per heavy atom. The SMILES string of the molecule is CC(C)(C)OC(=O)NC1CN(CC(c2ccccc2)c2ccccc2)C1. The molecular formula is C22H28N2O2. The highest BCUT2D eigenvalue weighted by Crippen LogP contribution is 2.27. The van der Waals surface area contributed by atoms with E-state index in [1.807, 2.05) is 20.8 Å². The molecule has 1 fully saturated rings. The molecular weight excluding hydrogens is 324 g/mol. The van der Waals surface area contributed by atoms with Crippen LogP contribution in [0.2, 0.25) is 0 Å². The van der Waals surface area contributed by atoms with Crippen LogP contribution in [0.25, 0.3) is 0 Å². The normalized spacial score (nSPS) is 15.5. The van der Waals surface area contributed by atoms with E-state index in [4.69, 9.17) is 4.74 Å². The Morgan fingerprint density at radius 2 is 1.54 bits per heavy atom. The molecule has 0 spiro atoms. The van der Waals surface area contributed by atoms with Crippen LogP contribution in [0.5, 0.6) is 0 Å². The highest BCUT2D eigenvalue weighted by Gasteiger charge is 2.31. The summed E-state index contributed by atoms with van der Waals surface area (Å²) in [7, 11) is 0. The molecule has 2 aromatic rings.